The fraction of sp³-hybridized carbons (Fsp3) is 0.545. The Bertz CT molecular complexity index is 362. The van der Waals surface area contributed by atoms with Gasteiger partial charge in [-0.05, 0) is 6.42 Å². The molecule has 0 aromatic rings. The van der Waals surface area contributed by atoms with E-state index in [2.05, 4.69) is 27.5 Å². The minimum atomic E-state index is -0.146. The van der Waals surface area contributed by atoms with Gasteiger partial charge in [0.15, 0.2) is 0 Å². The zero-order chi connectivity index (χ0) is 13.2. The van der Waals surface area contributed by atoms with Crippen molar-refractivity contribution in [3.8, 4) is 0 Å². The lowest BCUT2D eigenvalue weighted by Gasteiger charge is -2.10. The van der Waals surface area contributed by atoms with Crippen molar-refractivity contribution >= 4 is 18.3 Å². The van der Waals surface area contributed by atoms with Gasteiger partial charge in [-0.15, -0.1) is 0 Å². The topological polar surface area (TPSA) is 101 Å². The van der Waals surface area contributed by atoms with Crippen molar-refractivity contribution in [2.45, 2.75) is 26.2 Å². The summed E-state index contributed by atoms with van der Waals surface area (Å²) in [5, 5.41) is 5.30. The second-order valence-electron chi connectivity index (χ2n) is 3.70. The molecule has 0 bridgehead atoms. The number of rotatable bonds is 3. The van der Waals surface area contributed by atoms with Gasteiger partial charge in [0.2, 0.25) is 5.91 Å². The first-order valence-electron chi connectivity index (χ1n) is 5.93. The van der Waals surface area contributed by atoms with E-state index in [1.165, 1.54) is 12.5 Å². The highest BCUT2D eigenvalue weighted by Crippen LogP contribution is 1.91. The number of hydrogen-bond donors (Lipinski definition) is 3. The summed E-state index contributed by atoms with van der Waals surface area (Å²) in [7, 11) is 0. The standard InChI is InChI=1S/C11H19N5O2/c1-2-3-6-18-11-15-8-13-5-4-10(17)14-7-9(12)16-11/h7-8H,2-6,12H2,1H3,(H,14,17)(H,13,15,16)/b9-7+. The molecule has 4 N–H and O–H groups in total. The van der Waals surface area contributed by atoms with Crippen molar-refractivity contribution in [2.75, 3.05) is 13.2 Å². The summed E-state index contributed by atoms with van der Waals surface area (Å²) in [6, 6.07) is 0.275. The van der Waals surface area contributed by atoms with Crippen LogP contribution in [-0.2, 0) is 9.53 Å². The third kappa shape index (κ3) is 5.88. The molecule has 0 unspecified atom stereocenters. The Labute approximate surface area is 106 Å². The molecule has 1 rings (SSSR count). The second-order valence-corrected chi connectivity index (χ2v) is 3.70. The Balaban J connectivity index is 2.64. The molecule has 0 radical (unpaired) electrons. The van der Waals surface area contributed by atoms with Crippen LogP contribution in [0.25, 0.3) is 0 Å². The first kappa shape index (κ1) is 14.0. The molecule has 0 fully saturated rings. The second kappa shape index (κ2) is 8.10. The Kier molecular flexibility index (Phi) is 6.31. The molecular formula is C11H19N5O2. The van der Waals surface area contributed by atoms with E-state index in [-0.39, 0.29) is 17.7 Å². The quantitative estimate of drug-likeness (QED) is 0.619. The maximum Gasteiger partial charge on any atom is 0.296 e. The molecule has 0 spiro atoms. The highest BCUT2D eigenvalue weighted by atomic mass is 16.5. The van der Waals surface area contributed by atoms with Gasteiger partial charge >= 0.3 is 0 Å². The summed E-state index contributed by atoms with van der Waals surface area (Å²) >= 11 is 0. The minimum Gasteiger partial charge on any atom is -0.465 e. The number of carbonyl (C=O) groups excluding carboxylic acids is 1. The molecule has 0 saturated carbocycles. The van der Waals surface area contributed by atoms with Crippen molar-refractivity contribution in [3.63, 3.8) is 0 Å². The number of nitrogens with two attached hydrogens (primary N) is 1. The van der Waals surface area contributed by atoms with Crippen molar-refractivity contribution in [1.82, 2.24) is 10.6 Å². The molecule has 0 aromatic carbocycles. The maximum atomic E-state index is 11.3. The van der Waals surface area contributed by atoms with Gasteiger partial charge in [0, 0.05) is 19.2 Å². The first-order valence-corrected chi connectivity index (χ1v) is 5.93. The fourth-order valence-corrected chi connectivity index (χ4v) is 1.13. The Hall–Kier alpha value is -2.05. The van der Waals surface area contributed by atoms with Gasteiger partial charge in [-0.25, -0.2) is 0 Å². The number of nitrogens with zero attached hydrogens (tertiary/aromatic N) is 2. The van der Waals surface area contributed by atoms with Crippen LogP contribution >= 0.6 is 0 Å². The van der Waals surface area contributed by atoms with Crippen LogP contribution in [0, 0.1) is 0 Å². The molecule has 1 aliphatic heterocycles. The number of amides is 1. The fourth-order valence-electron chi connectivity index (χ4n) is 1.13. The summed E-state index contributed by atoms with van der Waals surface area (Å²) in [5.41, 5.74) is 5.66. The molecule has 18 heavy (non-hydrogen) atoms. The van der Waals surface area contributed by atoms with E-state index in [1.54, 1.807) is 0 Å². The lowest BCUT2D eigenvalue weighted by molar-refractivity contribution is -0.119. The Morgan fingerprint density at radius 1 is 1.56 bits per heavy atom. The highest BCUT2D eigenvalue weighted by Gasteiger charge is 2.03. The summed E-state index contributed by atoms with van der Waals surface area (Å²) in [6.07, 6.45) is 5.00. The van der Waals surface area contributed by atoms with Gasteiger partial charge in [-0.1, -0.05) is 13.3 Å². The molecule has 1 heterocycles. The zero-order valence-corrected chi connectivity index (χ0v) is 10.5. The number of amidine groups is 1. The van der Waals surface area contributed by atoms with Crippen LogP contribution in [0.3, 0.4) is 0 Å². The molecule has 7 nitrogen and oxygen atoms in total. The summed E-state index contributed by atoms with van der Waals surface area (Å²) < 4.78 is 5.41. The first-order chi connectivity index (χ1) is 8.72. The number of hydrogen-bond acceptors (Lipinski definition) is 6. The van der Waals surface area contributed by atoms with E-state index in [9.17, 15) is 4.79 Å². The van der Waals surface area contributed by atoms with Crippen molar-refractivity contribution in [1.29, 1.82) is 0 Å². The highest BCUT2D eigenvalue weighted by molar-refractivity contribution is 5.84. The lowest BCUT2D eigenvalue weighted by atomic mass is 10.4. The predicted molar refractivity (Wildman–Crippen MR) is 69.8 cm³/mol. The summed E-state index contributed by atoms with van der Waals surface area (Å²) in [4.78, 5) is 19.2. The number of ether oxygens (including phenoxy) is 1. The SMILES string of the molecule is CCCCOC1=NC=NCCC(=O)N/C=C(\N)N1. The Morgan fingerprint density at radius 2 is 2.39 bits per heavy atom. The van der Waals surface area contributed by atoms with Crippen LogP contribution in [0.5, 0.6) is 0 Å². The molecule has 1 aliphatic rings. The smallest absolute Gasteiger partial charge is 0.296 e. The molecule has 1 amide bonds. The molecule has 100 valence electrons. The number of nitrogens with one attached hydrogen (secondary N) is 2. The molecule has 0 aliphatic carbocycles. The Morgan fingerprint density at radius 3 is 3.17 bits per heavy atom. The van der Waals surface area contributed by atoms with Crippen molar-refractivity contribution in [2.24, 2.45) is 15.7 Å². The molecule has 0 saturated heterocycles. The molecular weight excluding hydrogens is 234 g/mol. The monoisotopic (exact) mass is 253 g/mol. The maximum absolute atomic E-state index is 11.3. The van der Waals surface area contributed by atoms with Crippen LogP contribution in [0.15, 0.2) is 22.0 Å². The van der Waals surface area contributed by atoms with E-state index in [1.807, 2.05) is 0 Å². The zero-order valence-electron chi connectivity index (χ0n) is 10.5. The van der Waals surface area contributed by atoms with Crippen LogP contribution < -0.4 is 16.4 Å². The van der Waals surface area contributed by atoms with E-state index in [4.69, 9.17) is 10.5 Å². The number of carbonyl (C=O) groups is 1. The van der Waals surface area contributed by atoms with Crippen LogP contribution in [0.4, 0.5) is 0 Å². The average molecular weight is 253 g/mol. The van der Waals surface area contributed by atoms with E-state index < -0.39 is 0 Å². The number of unbranched alkanes of at least 4 members (excludes halogenated alkanes) is 1. The predicted octanol–water partition coefficient (Wildman–Crippen LogP) is 0.0545. The normalized spacial score (nSPS) is 19.7. The molecule has 0 atom stereocenters. The van der Waals surface area contributed by atoms with Crippen LogP contribution in [0.1, 0.15) is 26.2 Å². The van der Waals surface area contributed by atoms with Crippen LogP contribution in [0.2, 0.25) is 0 Å². The van der Waals surface area contributed by atoms with Gasteiger partial charge in [0.25, 0.3) is 6.02 Å². The van der Waals surface area contributed by atoms with Gasteiger partial charge in [0.05, 0.1) is 6.61 Å². The largest absolute Gasteiger partial charge is 0.465 e. The minimum absolute atomic E-state index is 0.146. The number of aliphatic imine (C=N–C) groups is 2. The molecule has 0 aromatic heterocycles. The van der Waals surface area contributed by atoms with E-state index in [0.717, 1.165) is 12.8 Å². The average Bonchev–Trinajstić information content (AvgIpc) is 2.38. The summed E-state index contributed by atoms with van der Waals surface area (Å²) in [5.74, 6) is 0.112. The van der Waals surface area contributed by atoms with E-state index in [0.29, 0.717) is 19.6 Å². The molecule has 7 heteroatoms. The van der Waals surface area contributed by atoms with Crippen LogP contribution in [-0.4, -0.2) is 31.4 Å². The van der Waals surface area contributed by atoms with Gasteiger partial charge in [0.1, 0.15) is 12.2 Å². The lowest BCUT2D eigenvalue weighted by Crippen LogP contribution is -2.32. The summed E-state index contributed by atoms with van der Waals surface area (Å²) in [6.45, 7) is 3.00. The van der Waals surface area contributed by atoms with Gasteiger partial charge in [-0.2, -0.15) is 4.99 Å². The van der Waals surface area contributed by atoms with E-state index >= 15 is 0 Å². The van der Waals surface area contributed by atoms with Crippen molar-refractivity contribution in [3.05, 3.63) is 12.0 Å². The third-order valence-corrected chi connectivity index (χ3v) is 2.10. The third-order valence-electron chi connectivity index (χ3n) is 2.10. The van der Waals surface area contributed by atoms with Crippen molar-refractivity contribution < 1.29 is 9.53 Å². The van der Waals surface area contributed by atoms with Gasteiger partial charge < -0.3 is 15.8 Å². The van der Waals surface area contributed by atoms with Gasteiger partial charge in [-0.3, -0.25) is 15.1 Å².